The lowest BCUT2D eigenvalue weighted by Gasteiger charge is -2.31. The molecule has 1 aliphatic rings. The summed E-state index contributed by atoms with van der Waals surface area (Å²) < 4.78 is 0. The van der Waals surface area contributed by atoms with E-state index < -0.39 is 6.03 Å². The number of carbonyl (C=O) groups excluding carboxylic acids is 2. The van der Waals surface area contributed by atoms with E-state index in [1.54, 1.807) is 12.1 Å². The minimum atomic E-state index is -0.534. The van der Waals surface area contributed by atoms with Crippen molar-refractivity contribution in [2.45, 2.75) is 44.7 Å². The molecule has 3 rings (SSSR count). The fraction of sp³-hybridized carbons (Fsp3) is 0.391. The van der Waals surface area contributed by atoms with Gasteiger partial charge in [0.05, 0.1) is 6.54 Å². The molecule has 0 radical (unpaired) electrons. The number of anilines is 2. The van der Waals surface area contributed by atoms with Gasteiger partial charge in [0, 0.05) is 24.0 Å². The van der Waals surface area contributed by atoms with Crippen molar-refractivity contribution < 1.29 is 9.59 Å². The van der Waals surface area contributed by atoms with E-state index in [1.165, 1.54) is 32.1 Å². The fourth-order valence-corrected chi connectivity index (χ4v) is 3.78. The molecule has 0 aromatic heterocycles. The summed E-state index contributed by atoms with van der Waals surface area (Å²) in [5.41, 5.74) is 2.72. The molecule has 0 unspecified atom stereocenters. The molecule has 1 aliphatic carbocycles. The molecule has 3 amide bonds. The molecule has 6 heteroatoms. The van der Waals surface area contributed by atoms with Gasteiger partial charge in [-0.25, -0.2) is 4.79 Å². The molecular formula is C23H30N4O2. The highest BCUT2D eigenvalue weighted by atomic mass is 16.2. The van der Waals surface area contributed by atoms with Gasteiger partial charge in [0.1, 0.15) is 0 Å². The van der Waals surface area contributed by atoms with Crippen LogP contribution in [0.4, 0.5) is 16.2 Å². The average molecular weight is 395 g/mol. The molecule has 0 saturated heterocycles. The number of hydrogen-bond donors (Lipinski definition) is 3. The Kier molecular flexibility index (Phi) is 7.64. The van der Waals surface area contributed by atoms with Crippen LogP contribution in [0.3, 0.4) is 0 Å². The summed E-state index contributed by atoms with van der Waals surface area (Å²) in [6.07, 6.45) is 6.46. The van der Waals surface area contributed by atoms with E-state index in [0.717, 1.165) is 17.8 Å². The van der Waals surface area contributed by atoms with Gasteiger partial charge < -0.3 is 10.6 Å². The number of benzene rings is 2. The lowest BCUT2D eigenvalue weighted by atomic mass is 9.94. The number of rotatable bonds is 7. The lowest BCUT2D eigenvalue weighted by Crippen LogP contribution is -2.38. The number of nitrogens with one attached hydrogen (secondary N) is 3. The van der Waals surface area contributed by atoms with Crippen molar-refractivity contribution in [3.63, 3.8) is 0 Å². The molecule has 0 spiro atoms. The summed E-state index contributed by atoms with van der Waals surface area (Å²) in [5, 5.41) is 8.16. The first-order valence-electron chi connectivity index (χ1n) is 10.3. The number of para-hydroxylation sites is 2. The molecule has 154 valence electrons. The highest BCUT2D eigenvalue weighted by molar-refractivity contribution is 6.02. The van der Waals surface area contributed by atoms with Crippen LogP contribution >= 0.6 is 0 Å². The molecule has 0 aliphatic heterocycles. The third-order valence-corrected chi connectivity index (χ3v) is 5.36. The molecular weight excluding hydrogens is 364 g/mol. The van der Waals surface area contributed by atoms with Crippen molar-refractivity contribution in [2.75, 3.05) is 24.2 Å². The number of urea groups is 1. The molecule has 29 heavy (non-hydrogen) atoms. The van der Waals surface area contributed by atoms with Crippen LogP contribution in [0.15, 0.2) is 54.6 Å². The van der Waals surface area contributed by atoms with E-state index in [0.29, 0.717) is 11.7 Å². The largest absolute Gasteiger partial charge is 0.376 e. The highest BCUT2D eigenvalue weighted by Gasteiger charge is 2.19. The fourth-order valence-electron chi connectivity index (χ4n) is 3.78. The first-order chi connectivity index (χ1) is 14.1. The smallest absolute Gasteiger partial charge is 0.325 e. The van der Waals surface area contributed by atoms with Gasteiger partial charge >= 0.3 is 6.03 Å². The highest BCUT2D eigenvalue weighted by Crippen LogP contribution is 2.24. The van der Waals surface area contributed by atoms with Crippen molar-refractivity contribution in [2.24, 2.45) is 0 Å². The molecule has 0 heterocycles. The molecule has 2 aromatic rings. The van der Waals surface area contributed by atoms with E-state index in [2.05, 4.69) is 34.0 Å². The maximum atomic E-state index is 12.2. The van der Waals surface area contributed by atoms with Gasteiger partial charge in [-0.15, -0.1) is 0 Å². The second kappa shape index (κ2) is 10.6. The summed E-state index contributed by atoms with van der Waals surface area (Å²) in [4.78, 5) is 26.5. The molecule has 1 fully saturated rings. The molecule has 0 atom stereocenters. The van der Waals surface area contributed by atoms with Crippen LogP contribution in [0.5, 0.6) is 0 Å². The quantitative estimate of drug-likeness (QED) is 0.658. The Bertz CT molecular complexity index is 804. The molecule has 3 N–H and O–H groups in total. The molecule has 1 saturated carbocycles. The Morgan fingerprint density at radius 3 is 2.41 bits per heavy atom. The van der Waals surface area contributed by atoms with Crippen LogP contribution in [-0.4, -0.2) is 36.5 Å². The Morgan fingerprint density at radius 2 is 1.66 bits per heavy atom. The monoisotopic (exact) mass is 394 g/mol. The lowest BCUT2D eigenvalue weighted by molar-refractivity contribution is -0.118. The third kappa shape index (κ3) is 6.61. The Labute approximate surface area is 172 Å². The van der Waals surface area contributed by atoms with Crippen LogP contribution in [0.1, 0.15) is 37.7 Å². The van der Waals surface area contributed by atoms with Crippen molar-refractivity contribution in [3.05, 3.63) is 60.2 Å². The normalized spacial score (nSPS) is 14.4. The number of carbonyl (C=O) groups is 2. The van der Waals surface area contributed by atoms with Crippen LogP contribution in [-0.2, 0) is 11.3 Å². The van der Waals surface area contributed by atoms with E-state index in [9.17, 15) is 9.59 Å². The van der Waals surface area contributed by atoms with Gasteiger partial charge in [0.15, 0.2) is 0 Å². The van der Waals surface area contributed by atoms with E-state index >= 15 is 0 Å². The molecule has 6 nitrogen and oxygen atoms in total. The molecule has 0 bridgehead atoms. The van der Waals surface area contributed by atoms with E-state index in [1.807, 2.05) is 36.4 Å². The Balaban J connectivity index is 1.49. The van der Waals surface area contributed by atoms with Crippen LogP contribution in [0.2, 0.25) is 0 Å². The zero-order valence-corrected chi connectivity index (χ0v) is 17.0. The number of hydrogen-bond acceptors (Lipinski definition) is 4. The van der Waals surface area contributed by atoms with E-state index in [-0.39, 0.29) is 12.5 Å². The zero-order chi connectivity index (χ0) is 20.5. The van der Waals surface area contributed by atoms with Gasteiger partial charge in [-0.05, 0) is 43.7 Å². The van der Waals surface area contributed by atoms with Gasteiger partial charge in [-0.1, -0.05) is 55.7 Å². The Morgan fingerprint density at radius 1 is 0.966 bits per heavy atom. The first kappa shape index (κ1) is 20.9. The standard InChI is InChI=1S/C23H30N4O2/c1-27(20-13-6-3-7-14-20)17-18-10-8-9-15-21(18)24-16-22(28)26-23(29)25-19-11-4-2-5-12-19/h2,4-5,8-12,15,20,24H,3,6-7,13-14,16-17H2,1H3,(H2,25,26,28,29). The predicted octanol–water partition coefficient (Wildman–Crippen LogP) is 4.21. The van der Waals surface area contributed by atoms with Crippen molar-refractivity contribution >= 4 is 23.3 Å². The summed E-state index contributed by atoms with van der Waals surface area (Å²) >= 11 is 0. The van der Waals surface area contributed by atoms with Crippen LogP contribution < -0.4 is 16.0 Å². The Hall–Kier alpha value is -2.86. The topological polar surface area (TPSA) is 73.5 Å². The minimum Gasteiger partial charge on any atom is -0.376 e. The molecule has 2 aromatic carbocycles. The van der Waals surface area contributed by atoms with Gasteiger partial charge in [-0.2, -0.15) is 0 Å². The summed E-state index contributed by atoms with van der Waals surface area (Å²) in [7, 11) is 2.17. The van der Waals surface area contributed by atoms with Gasteiger partial charge in [-0.3, -0.25) is 15.0 Å². The SMILES string of the molecule is CN(Cc1ccccc1NCC(=O)NC(=O)Nc1ccccc1)C1CCCCC1. The van der Waals surface area contributed by atoms with Crippen LogP contribution in [0.25, 0.3) is 0 Å². The van der Waals surface area contributed by atoms with Crippen molar-refractivity contribution in [1.29, 1.82) is 0 Å². The summed E-state index contributed by atoms with van der Waals surface area (Å²) in [6, 6.07) is 17.2. The number of amides is 3. The van der Waals surface area contributed by atoms with Gasteiger partial charge in [0.25, 0.3) is 0 Å². The maximum absolute atomic E-state index is 12.2. The average Bonchev–Trinajstić information content (AvgIpc) is 2.74. The van der Waals surface area contributed by atoms with Crippen molar-refractivity contribution in [1.82, 2.24) is 10.2 Å². The second-order valence-corrected chi connectivity index (χ2v) is 7.59. The minimum absolute atomic E-state index is 0.0341. The predicted molar refractivity (Wildman–Crippen MR) is 117 cm³/mol. The summed E-state index contributed by atoms with van der Waals surface area (Å²) in [5.74, 6) is -0.381. The summed E-state index contributed by atoms with van der Waals surface area (Å²) in [6.45, 7) is 0.871. The maximum Gasteiger partial charge on any atom is 0.325 e. The van der Waals surface area contributed by atoms with Crippen LogP contribution in [0, 0.1) is 0 Å². The van der Waals surface area contributed by atoms with Gasteiger partial charge in [0.2, 0.25) is 5.91 Å². The van der Waals surface area contributed by atoms with E-state index in [4.69, 9.17) is 0 Å². The third-order valence-electron chi connectivity index (χ3n) is 5.36. The second-order valence-electron chi connectivity index (χ2n) is 7.59. The number of imide groups is 1. The first-order valence-corrected chi connectivity index (χ1v) is 10.3. The number of nitrogens with zero attached hydrogens (tertiary/aromatic N) is 1. The zero-order valence-electron chi connectivity index (χ0n) is 17.0. The van der Waals surface area contributed by atoms with Crippen molar-refractivity contribution in [3.8, 4) is 0 Å².